The smallest absolute Gasteiger partial charge is 0.300 e. The molecule has 0 radical (unpaired) electrons. The summed E-state index contributed by atoms with van der Waals surface area (Å²) in [6, 6.07) is 1.13. The second-order valence-corrected chi connectivity index (χ2v) is 3.39. The Morgan fingerprint density at radius 2 is 2.37 bits per heavy atom. The van der Waals surface area contributed by atoms with Crippen molar-refractivity contribution in [2.24, 2.45) is 0 Å². The molecule has 98 valence electrons. The minimum atomic E-state index is -0.713. The summed E-state index contributed by atoms with van der Waals surface area (Å²) in [4.78, 5) is 25.5. The van der Waals surface area contributed by atoms with Gasteiger partial charge in [-0.25, -0.2) is 4.98 Å². The van der Waals surface area contributed by atoms with Gasteiger partial charge in [0.2, 0.25) is 0 Å². The molecule has 0 aliphatic rings. The van der Waals surface area contributed by atoms with E-state index in [-0.39, 0.29) is 23.8 Å². The average molecular weight is 264 g/mol. The van der Waals surface area contributed by atoms with Gasteiger partial charge in [0.25, 0.3) is 11.6 Å². The van der Waals surface area contributed by atoms with Gasteiger partial charge in [-0.3, -0.25) is 14.9 Å². The second kappa shape index (κ2) is 5.03. The Bertz CT molecular complexity index is 610. The highest BCUT2D eigenvalue weighted by molar-refractivity contribution is 5.98. The molecule has 0 aromatic carbocycles. The number of amides is 1. The number of nitrogens with two attached hydrogens (primary N) is 1. The van der Waals surface area contributed by atoms with E-state index in [0.29, 0.717) is 0 Å². The van der Waals surface area contributed by atoms with Crippen LogP contribution in [0.1, 0.15) is 16.2 Å². The molecule has 11 nitrogen and oxygen atoms in total. The maximum absolute atomic E-state index is 11.8. The Balaban J connectivity index is 2.18. The largest absolute Gasteiger partial charge is 0.384 e. The number of hydrogen-bond donors (Lipinski definition) is 3. The summed E-state index contributed by atoms with van der Waals surface area (Å²) in [6.07, 6.45) is 0.929. The molecule has 0 aliphatic carbocycles. The summed E-state index contributed by atoms with van der Waals surface area (Å²) < 4.78 is 0. The molecule has 1 amide bonds. The second-order valence-electron chi connectivity index (χ2n) is 3.39. The Labute approximate surface area is 105 Å². The van der Waals surface area contributed by atoms with Gasteiger partial charge in [0.05, 0.1) is 11.5 Å². The van der Waals surface area contributed by atoms with E-state index in [2.05, 4.69) is 30.9 Å². The normalized spacial score (nSPS) is 10.1. The van der Waals surface area contributed by atoms with Gasteiger partial charge in [-0.05, 0) is 6.07 Å². The van der Waals surface area contributed by atoms with Crippen molar-refractivity contribution in [2.45, 2.75) is 6.54 Å². The Kier molecular flexibility index (Phi) is 3.27. The Hall–Kier alpha value is -3.11. The predicted molar refractivity (Wildman–Crippen MR) is 60.7 cm³/mol. The van der Waals surface area contributed by atoms with E-state index in [1.54, 1.807) is 0 Å². The van der Waals surface area contributed by atoms with E-state index < -0.39 is 16.5 Å². The molecule has 11 heteroatoms. The van der Waals surface area contributed by atoms with Crippen molar-refractivity contribution in [3.05, 3.63) is 33.8 Å². The fourth-order valence-electron chi connectivity index (χ4n) is 1.30. The highest BCUT2D eigenvalue weighted by Crippen LogP contribution is 2.18. The van der Waals surface area contributed by atoms with Crippen LogP contribution in [0.3, 0.4) is 0 Å². The first-order valence-electron chi connectivity index (χ1n) is 4.98. The van der Waals surface area contributed by atoms with E-state index in [9.17, 15) is 14.9 Å². The maximum Gasteiger partial charge on any atom is 0.300 e. The number of nitrogens with zero attached hydrogens (tertiary/aromatic N) is 5. The zero-order valence-corrected chi connectivity index (χ0v) is 9.40. The number of pyridine rings is 1. The van der Waals surface area contributed by atoms with Gasteiger partial charge >= 0.3 is 0 Å². The van der Waals surface area contributed by atoms with E-state index in [1.165, 1.54) is 0 Å². The molecule has 0 fully saturated rings. The minimum absolute atomic E-state index is 0.00955. The maximum atomic E-state index is 11.8. The molecule has 0 saturated heterocycles. The van der Waals surface area contributed by atoms with Crippen molar-refractivity contribution in [1.82, 2.24) is 30.9 Å². The number of hydrogen-bond acceptors (Lipinski definition) is 8. The van der Waals surface area contributed by atoms with Crippen molar-refractivity contribution in [3.63, 3.8) is 0 Å². The number of carbonyl (C=O) groups excluding carboxylic acids is 1. The van der Waals surface area contributed by atoms with Crippen molar-refractivity contribution in [1.29, 1.82) is 0 Å². The van der Waals surface area contributed by atoms with Crippen LogP contribution < -0.4 is 11.1 Å². The lowest BCUT2D eigenvalue weighted by molar-refractivity contribution is -0.385. The number of H-pyrrole nitrogens is 1. The van der Waals surface area contributed by atoms with Crippen LogP contribution in [0.4, 0.5) is 11.5 Å². The van der Waals surface area contributed by atoms with Crippen LogP contribution in [-0.2, 0) is 6.54 Å². The lowest BCUT2D eigenvalue weighted by Gasteiger charge is -2.04. The third-order valence-corrected chi connectivity index (χ3v) is 2.14. The molecule has 0 spiro atoms. The van der Waals surface area contributed by atoms with Crippen molar-refractivity contribution in [3.8, 4) is 0 Å². The van der Waals surface area contributed by atoms with E-state index in [4.69, 9.17) is 5.73 Å². The summed E-state index contributed by atoms with van der Waals surface area (Å²) in [6.45, 7) is -0.0191. The third kappa shape index (κ3) is 2.77. The number of aromatic amines is 1. The summed E-state index contributed by atoms with van der Waals surface area (Å²) >= 11 is 0. The fourth-order valence-corrected chi connectivity index (χ4v) is 1.30. The molecule has 0 bridgehead atoms. The van der Waals surface area contributed by atoms with Gasteiger partial charge in [-0.1, -0.05) is 5.21 Å². The number of nitrogen functional groups attached to an aromatic ring is 1. The van der Waals surface area contributed by atoms with E-state index >= 15 is 0 Å². The molecular formula is C8H8N8O3. The van der Waals surface area contributed by atoms with E-state index in [1.807, 2.05) is 0 Å². The van der Waals surface area contributed by atoms with E-state index in [0.717, 1.165) is 12.3 Å². The molecule has 0 atom stereocenters. The van der Waals surface area contributed by atoms with Crippen LogP contribution in [0.5, 0.6) is 0 Å². The summed E-state index contributed by atoms with van der Waals surface area (Å²) in [5.74, 6) is -0.418. The fraction of sp³-hybridized carbons (Fsp3) is 0.125. The molecule has 2 aromatic rings. The molecule has 2 aromatic heterocycles. The first kappa shape index (κ1) is 12.3. The molecule has 2 rings (SSSR count). The van der Waals surface area contributed by atoms with Crippen LogP contribution in [0.2, 0.25) is 0 Å². The SMILES string of the molecule is Nc1cc(C(=O)NCc2nn[nH]n2)c([N+](=O)[O-])cn1. The predicted octanol–water partition coefficient (Wildman–Crippen LogP) is -0.985. The lowest BCUT2D eigenvalue weighted by Crippen LogP contribution is -2.24. The van der Waals surface area contributed by atoms with Gasteiger partial charge in [-0.15, -0.1) is 10.2 Å². The Morgan fingerprint density at radius 1 is 1.58 bits per heavy atom. The lowest BCUT2D eigenvalue weighted by atomic mass is 10.2. The number of nitro groups is 1. The zero-order chi connectivity index (χ0) is 13.8. The molecule has 19 heavy (non-hydrogen) atoms. The first-order valence-corrected chi connectivity index (χ1v) is 4.98. The number of anilines is 1. The first-order chi connectivity index (χ1) is 9.08. The van der Waals surface area contributed by atoms with Crippen LogP contribution in [0, 0.1) is 10.1 Å². The van der Waals surface area contributed by atoms with Gasteiger partial charge in [0.15, 0.2) is 5.82 Å². The molecule has 2 heterocycles. The number of tetrazole rings is 1. The molecule has 0 saturated carbocycles. The summed E-state index contributed by atoms with van der Waals surface area (Å²) in [5, 5.41) is 26.0. The number of aromatic nitrogens is 5. The number of nitrogens with one attached hydrogen (secondary N) is 2. The monoisotopic (exact) mass is 264 g/mol. The van der Waals surface area contributed by atoms with Crippen molar-refractivity contribution < 1.29 is 9.72 Å². The molecule has 4 N–H and O–H groups in total. The minimum Gasteiger partial charge on any atom is -0.384 e. The van der Waals surface area contributed by atoms with Crippen LogP contribution in [-0.4, -0.2) is 36.4 Å². The highest BCUT2D eigenvalue weighted by Gasteiger charge is 2.21. The zero-order valence-electron chi connectivity index (χ0n) is 9.40. The van der Waals surface area contributed by atoms with Gasteiger partial charge in [-0.2, -0.15) is 5.21 Å². The van der Waals surface area contributed by atoms with Gasteiger partial charge in [0.1, 0.15) is 17.6 Å². The summed E-state index contributed by atoms with van der Waals surface area (Å²) in [7, 11) is 0. The Morgan fingerprint density at radius 3 is 3.00 bits per heavy atom. The third-order valence-electron chi connectivity index (χ3n) is 2.14. The van der Waals surface area contributed by atoms with Crippen LogP contribution >= 0.6 is 0 Å². The number of carbonyl (C=O) groups is 1. The standard InChI is InChI=1S/C8H8N8O3/c9-6-1-4(5(2-10-6)16(18)19)8(17)11-3-7-12-14-15-13-7/h1-2H,3H2,(H2,9,10)(H,11,17)(H,12,13,14,15). The van der Waals surface area contributed by atoms with Crippen LogP contribution in [0.15, 0.2) is 12.3 Å². The van der Waals surface area contributed by atoms with Gasteiger partial charge < -0.3 is 11.1 Å². The topological polar surface area (TPSA) is 166 Å². The van der Waals surface area contributed by atoms with Crippen molar-refractivity contribution in [2.75, 3.05) is 5.73 Å². The molecular weight excluding hydrogens is 256 g/mol. The van der Waals surface area contributed by atoms with Crippen molar-refractivity contribution >= 4 is 17.4 Å². The average Bonchev–Trinajstić information content (AvgIpc) is 2.88. The van der Waals surface area contributed by atoms with Crippen LogP contribution in [0.25, 0.3) is 0 Å². The highest BCUT2D eigenvalue weighted by atomic mass is 16.6. The molecule has 0 aliphatic heterocycles. The number of rotatable bonds is 4. The molecule has 0 unspecified atom stereocenters. The summed E-state index contributed by atoms with van der Waals surface area (Å²) in [5.41, 5.74) is 4.79. The quantitative estimate of drug-likeness (QED) is 0.467. The van der Waals surface area contributed by atoms with Gasteiger partial charge in [0, 0.05) is 0 Å².